The average molecular weight is 371 g/mol. The highest BCUT2D eigenvalue weighted by Gasteiger charge is 2.22. The maximum absolute atomic E-state index is 12.2. The van der Waals surface area contributed by atoms with Crippen LogP contribution in [0.1, 0.15) is 31.4 Å². The van der Waals surface area contributed by atoms with Crippen molar-refractivity contribution < 1.29 is 9.53 Å². The highest BCUT2D eigenvalue weighted by atomic mass is 32.2. The van der Waals surface area contributed by atoms with Gasteiger partial charge in [-0.1, -0.05) is 32.0 Å². The van der Waals surface area contributed by atoms with E-state index in [1.807, 2.05) is 43.0 Å². The van der Waals surface area contributed by atoms with Crippen LogP contribution in [-0.2, 0) is 6.42 Å². The quantitative estimate of drug-likeness (QED) is 0.703. The standard InChI is InChI=1S/C21H26N2O2S/c1-4-15(3)26-18-9-10-19(14(2)11-18)23-21(24)22-13-17-12-16-7-5-6-8-20(16)25-17/h5-11,15,17H,4,12-13H2,1-3H3,(H2,22,23,24). The molecule has 138 valence electrons. The number of carbonyl (C=O) groups is 1. The minimum atomic E-state index is -0.199. The smallest absolute Gasteiger partial charge is 0.319 e. The number of para-hydroxylation sites is 1. The van der Waals surface area contributed by atoms with Crippen molar-refractivity contribution in [1.29, 1.82) is 0 Å². The lowest BCUT2D eigenvalue weighted by Gasteiger charge is -2.15. The van der Waals surface area contributed by atoms with Gasteiger partial charge in [0.25, 0.3) is 0 Å². The number of urea groups is 1. The number of fused-ring (bicyclic) bond motifs is 1. The van der Waals surface area contributed by atoms with Gasteiger partial charge in [0.1, 0.15) is 11.9 Å². The van der Waals surface area contributed by atoms with Crippen LogP contribution in [0.15, 0.2) is 47.4 Å². The predicted molar refractivity (Wildman–Crippen MR) is 108 cm³/mol. The Morgan fingerprint density at radius 2 is 2.12 bits per heavy atom. The Labute approximate surface area is 159 Å². The first-order chi connectivity index (χ1) is 12.5. The predicted octanol–water partition coefficient (Wildman–Crippen LogP) is 5.01. The molecule has 0 aliphatic carbocycles. The second-order valence-electron chi connectivity index (χ2n) is 6.70. The Morgan fingerprint density at radius 1 is 1.31 bits per heavy atom. The summed E-state index contributed by atoms with van der Waals surface area (Å²) in [5.74, 6) is 0.921. The van der Waals surface area contributed by atoms with Gasteiger partial charge in [-0.2, -0.15) is 0 Å². The minimum Gasteiger partial charge on any atom is -0.488 e. The van der Waals surface area contributed by atoms with Crippen LogP contribution in [0.25, 0.3) is 0 Å². The first-order valence-electron chi connectivity index (χ1n) is 9.12. The Balaban J connectivity index is 1.49. The van der Waals surface area contributed by atoms with E-state index in [0.29, 0.717) is 11.8 Å². The van der Waals surface area contributed by atoms with E-state index in [1.165, 1.54) is 10.5 Å². The van der Waals surface area contributed by atoms with E-state index < -0.39 is 0 Å². The number of hydrogen-bond donors (Lipinski definition) is 2. The topological polar surface area (TPSA) is 50.4 Å². The number of rotatable bonds is 6. The van der Waals surface area contributed by atoms with Crippen LogP contribution in [0.2, 0.25) is 0 Å². The highest BCUT2D eigenvalue weighted by molar-refractivity contribution is 7.99. The third kappa shape index (κ3) is 4.73. The van der Waals surface area contributed by atoms with Crippen LogP contribution in [0, 0.1) is 6.92 Å². The van der Waals surface area contributed by atoms with Crippen molar-refractivity contribution in [2.75, 3.05) is 11.9 Å². The zero-order chi connectivity index (χ0) is 18.5. The number of hydrogen-bond acceptors (Lipinski definition) is 3. The van der Waals surface area contributed by atoms with E-state index in [0.717, 1.165) is 29.8 Å². The summed E-state index contributed by atoms with van der Waals surface area (Å²) >= 11 is 1.86. The molecule has 1 heterocycles. The second kappa shape index (κ2) is 8.49. The summed E-state index contributed by atoms with van der Waals surface area (Å²) in [7, 11) is 0. The molecule has 2 amide bonds. The second-order valence-corrected chi connectivity index (χ2v) is 8.21. The van der Waals surface area contributed by atoms with E-state index in [2.05, 4.69) is 42.7 Å². The molecule has 0 spiro atoms. The van der Waals surface area contributed by atoms with Crippen LogP contribution < -0.4 is 15.4 Å². The molecule has 1 aliphatic rings. The van der Waals surface area contributed by atoms with Crippen molar-refractivity contribution in [2.24, 2.45) is 0 Å². The summed E-state index contributed by atoms with van der Waals surface area (Å²) in [6, 6.07) is 14.0. The summed E-state index contributed by atoms with van der Waals surface area (Å²) in [6.45, 7) is 6.93. The molecule has 0 bridgehead atoms. The Bertz CT molecular complexity index is 753. The molecule has 2 aromatic rings. The molecule has 0 saturated carbocycles. The molecule has 3 rings (SSSR count). The molecule has 26 heavy (non-hydrogen) atoms. The lowest BCUT2D eigenvalue weighted by Crippen LogP contribution is -2.37. The number of thioether (sulfide) groups is 1. The summed E-state index contributed by atoms with van der Waals surface area (Å²) < 4.78 is 5.85. The first kappa shape index (κ1) is 18.6. The number of anilines is 1. The molecule has 2 atom stereocenters. The number of nitrogens with one attached hydrogen (secondary N) is 2. The molecule has 2 N–H and O–H groups in total. The Hall–Kier alpha value is -2.14. The number of carbonyl (C=O) groups excluding carboxylic acids is 1. The summed E-state index contributed by atoms with van der Waals surface area (Å²) in [5, 5.41) is 6.44. The number of benzene rings is 2. The van der Waals surface area contributed by atoms with Gasteiger partial charge in [-0.3, -0.25) is 0 Å². The molecule has 0 fully saturated rings. The maximum Gasteiger partial charge on any atom is 0.319 e. The molecule has 4 nitrogen and oxygen atoms in total. The van der Waals surface area contributed by atoms with Gasteiger partial charge in [0.15, 0.2) is 0 Å². The largest absolute Gasteiger partial charge is 0.488 e. The molecule has 5 heteroatoms. The number of amides is 2. The lowest BCUT2D eigenvalue weighted by atomic mass is 10.1. The zero-order valence-corrected chi connectivity index (χ0v) is 16.4. The van der Waals surface area contributed by atoms with Gasteiger partial charge in [-0.05, 0) is 48.7 Å². The van der Waals surface area contributed by atoms with Crippen molar-refractivity contribution in [3.05, 3.63) is 53.6 Å². The number of ether oxygens (including phenoxy) is 1. The van der Waals surface area contributed by atoms with Gasteiger partial charge >= 0.3 is 6.03 Å². The molecule has 1 aliphatic heterocycles. The third-order valence-electron chi connectivity index (χ3n) is 4.56. The fourth-order valence-electron chi connectivity index (χ4n) is 2.91. The van der Waals surface area contributed by atoms with Gasteiger partial charge in [0, 0.05) is 22.3 Å². The zero-order valence-electron chi connectivity index (χ0n) is 15.5. The van der Waals surface area contributed by atoms with Crippen molar-refractivity contribution in [1.82, 2.24) is 5.32 Å². The first-order valence-corrected chi connectivity index (χ1v) is 10.00. The van der Waals surface area contributed by atoms with Gasteiger partial charge in [-0.15, -0.1) is 11.8 Å². The van der Waals surface area contributed by atoms with E-state index in [9.17, 15) is 4.79 Å². The van der Waals surface area contributed by atoms with Gasteiger partial charge in [0.05, 0.1) is 6.54 Å². The van der Waals surface area contributed by atoms with Crippen LogP contribution in [0.4, 0.5) is 10.5 Å². The highest BCUT2D eigenvalue weighted by Crippen LogP contribution is 2.29. The van der Waals surface area contributed by atoms with Crippen molar-refractivity contribution >= 4 is 23.5 Å². The van der Waals surface area contributed by atoms with Gasteiger partial charge in [0.2, 0.25) is 0 Å². The monoisotopic (exact) mass is 370 g/mol. The fraction of sp³-hybridized carbons (Fsp3) is 0.381. The summed E-state index contributed by atoms with van der Waals surface area (Å²) in [6.07, 6.45) is 1.96. The van der Waals surface area contributed by atoms with Crippen LogP contribution in [0.3, 0.4) is 0 Å². The molecular weight excluding hydrogens is 344 g/mol. The third-order valence-corrected chi connectivity index (χ3v) is 5.82. The maximum atomic E-state index is 12.2. The van der Waals surface area contributed by atoms with E-state index in [-0.39, 0.29) is 12.1 Å². The average Bonchev–Trinajstić information content (AvgIpc) is 3.05. The van der Waals surface area contributed by atoms with Crippen LogP contribution in [-0.4, -0.2) is 23.9 Å². The SMILES string of the molecule is CCC(C)Sc1ccc(NC(=O)NCC2Cc3ccccc3O2)c(C)c1. The molecule has 0 aromatic heterocycles. The van der Waals surface area contributed by atoms with Crippen molar-refractivity contribution in [3.63, 3.8) is 0 Å². The van der Waals surface area contributed by atoms with E-state index in [1.54, 1.807) is 0 Å². The minimum absolute atomic E-state index is 0.00597. The van der Waals surface area contributed by atoms with Gasteiger partial charge in [-0.25, -0.2) is 4.79 Å². The van der Waals surface area contributed by atoms with Crippen LogP contribution >= 0.6 is 11.8 Å². The molecule has 0 radical (unpaired) electrons. The molecular formula is C21H26N2O2S. The fourth-order valence-corrected chi connectivity index (χ4v) is 3.93. The van der Waals surface area contributed by atoms with Crippen molar-refractivity contribution in [2.45, 2.75) is 49.9 Å². The molecule has 2 aromatic carbocycles. The Morgan fingerprint density at radius 3 is 2.85 bits per heavy atom. The molecule has 2 unspecified atom stereocenters. The van der Waals surface area contributed by atoms with E-state index >= 15 is 0 Å². The normalized spacial score (nSPS) is 16.5. The summed E-state index contributed by atoms with van der Waals surface area (Å²) in [4.78, 5) is 13.5. The lowest BCUT2D eigenvalue weighted by molar-refractivity contribution is 0.219. The number of aryl methyl sites for hydroxylation is 1. The van der Waals surface area contributed by atoms with Gasteiger partial charge < -0.3 is 15.4 Å². The summed E-state index contributed by atoms with van der Waals surface area (Å²) in [5.41, 5.74) is 3.11. The Kier molecular flexibility index (Phi) is 6.09. The van der Waals surface area contributed by atoms with Crippen molar-refractivity contribution in [3.8, 4) is 5.75 Å². The van der Waals surface area contributed by atoms with Crippen LogP contribution in [0.5, 0.6) is 5.75 Å². The molecule has 0 saturated heterocycles. The van der Waals surface area contributed by atoms with E-state index in [4.69, 9.17) is 4.74 Å².